The smallest absolute Gasteiger partial charge is 0.237 e. The fraction of sp³-hybridized carbons (Fsp3) is 0. The quantitative estimate of drug-likeness (QED) is 0.858. The molecule has 1 aromatic heterocycles. The topological polar surface area (TPSA) is 71.9 Å². The number of nitrogens with zero attached hydrogens (tertiary/aromatic N) is 2. The van der Waals surface area contributed by atoms with Crippen LogP contribution in [0.3, 0.4) is 0 Å². The van der Waals surface area contributed by atoms with Crippen LogP contribution in [-0.2, 0) is 0 Å². The van der Waals surface area contributed by atoms with Gasteiger partial charge in [-0.2, -0.15) is 5.26 Å². The van der Waals surface area contributed by atoms with E-state index in [0.717, 1.165) is 0 Å². The van der Waals surface area contributed by atoms with Crippen molar-refractivity contribution in [2.45, 2.75) is 0 Å². The lowest BCUT2D eigenvalue weighted by molar-refractivity contribution is 0.460. The number of aromatic nitrogens is 1. The number of hydrogen-bond acceptors (Lipinski definition) is 4. The summed E-state index contributed by atoms with van der Waals surface area (Å²) in [6.45, 7) is 0. The fourth-order valence-corrected chi connectivity index (χ4v) is 1.24. The third-order valence-electron chi connectivity index (χ3n) is 2.02. The summed E-state index contributed by atoms with van der Waals surface area (Å²) in [4.78, 5) is 3.90. The van der Waals surface area contributed by atoms with Gasteiger partial charge in [-0.25, -0.2) is 9.37 Å². The van der Waals surface area contributed by atoms with E-state index in [4.69, 9.17) is 15.7 Å². The summed E-state index contributed by atoms with van der Waals surface area (Å²) in [5.41, 5.74) is 6.11. The summed E-state index contributed by atoms with van der Waals surface area (Å²) in [6.07, 6.45) is 1.39. The summed E-state index contributed by atoms with van der Waals surface area (Å²) in [7, 11) is 0. The van der Waals surface area contributed by atoms with Gasteiger partial charge in [-0.1, -0.05) is 0 Å². The predicted octanol–water partition coefficient (Wildman–Crippen LogP) is 2.47. The van der Waals surface area contributed by atoms with E-state index in [9.17, 15) is 4.39 Å². The molecule has 0 radical (unpaired) electrons. The van der Waals surface area contributed by atoms with Gasteiger partial charge in [-0.3, -0.25) is 0 Å². The molecule has 0 aliphatic carbocycles. The van der Waals surface area contributed by atoms with Crippen LogP contribution in [0.4, 0.5) is 10.1 Å². The van der Waals surface area contributed by atoms with E-state index in [-0.39, 0.29) is 17.3 Å². The molecule has 2 rings (SSSR count). The Balaban J connectivity index is 2.30. The molecule has 0 aliphatic heterocycles. The van der Waals surface area contributed by atoms with Crippen molar-refractivity contribution in [1.82, 2.24) is 4.98 Å². The van der Waals surface area contributed by atoms with Gasteiger partial charge in [0.1, 0.15) is 23.2 Å². The Morgan fingerprint density at radius 2 is 2.00 bits per heavy atom. The van der Waals surface area contributed by atoms with Gasteiger partial charge in [0.25, 0.3) is 0 Å². The van der Waals surface area contributed by atoms with Crippen molar-refractivity contribution in [2.24, 2.45) is 0 Å². The zero-order chi connectivity index (χ0) is 12.3. The molecular formula is C12H8FN3O. The maximum atomic E-state index is 12.7. The van der Waals surface area contributed by atoms with E-state index in [2.05, 4.69) is 4.98 Å². The van der Waals surface area contributed by atoms with E-state index in [0.29, 0.717) is 11.4 Å². The molecule has 0 spiro atoms. The lowest BCUT2D eigenvalue weighted by Gasteiger charge is -2.06. The predicted molar refractivity (Wildman–Crippen MR) is 59.8 cm³/mol. The minimum Gasteiger partial charge on any atom is -0.438 e. The molecule has 0 aliphatic rings. The van der Waals surface area contributed by atoms with Crippen LogP contribution >= 0.6 is 0 Å². The maximum absolute atomic E-state index is 12.7. The first-order valence-corrected chi connectivity index (χ1v) is 4.78. The van der Waals surface area contributed by atoms with Crippen molar-refractivity contribution in [1.29, 1.82) is 5.26 Å². The van der Waals surface area contributed by atoms with Crippen LogP contribution in [0.2, 0.25) is 0 Å². The second-order valence-corrected chi connectivity index (χ2v) is 3.29. The SMILES string of the molecule is N#Cc1cc(N)cnc1Oc1ccc(F)cc1. The Kier molecular flexibility index (Phi) is 2.88. The number of anilines is 1. The van der Waals surface area contributed by atoms with Gasteiger partial charge in [0.15, 0.2) is 0 Å². The van der Waals surface area contributed by atoms with Crippen LogP contribution in [0.1, 0.15) is 5.56 Å². The van der Waals surface area contributed by atoms with Gasteiger partial charge in [-0.05, 0) is 30.3 Å². The van der Waals surface area contributed by atoms with Gasteiger partial charge < -0.3 is 10.5 Å². The molecule has 0 amide bonds. The number of nitrogen functional groups attached to an aromatic ring is 1. The Morgan fingerprint density at radius 3 is 2.65 bits per heavy atom. The highest BCUT2D eigenvalue weighted by molar-refractivity contribution is 5.49. The van der Waals surface area contributed by atoms with Crippen molar-refractivity contribution >= 4 is 5.69 Å². The molecule has 4 nitrogen and oxygen atoms in total. The Morgan fingerprint density at radius 1 is 1.29 bits per heavy atom. The van der Waals surface area contributed by atoms with E-state index in [1.54, 1.807) is 0 Å². The van der Waals surface area contributed by atoms with Crippen molar-refractivity contribution in [3.63, 3.8) is 0 Å². The zero-order valence-electron chi connectivity index (χ0n) is 8.72. The summed E-state index contributed by atoms with van der Waals surface area (Å²) < 4.78 is 18.0. The number of pyridine rings is 1. The number of hydrogen-bond donors (Lipinski definition) is 1. The Hall–Kier alpha value is -2.61. The molecule has 5 heteroatoms. The van der Waals surface area contributed by atoms with Gasteiger partial charge in [-0.15, -0.1) is 0 Å². The van der Waals surface area contributed by atoms with Gasteiger partial charge in [0.05, 0.1) is 11.9 Å². The lowest BCUT2D eigenvalue weighted by atomic mass is 10.2. The normalized spacial score (nSPS) is 9.65. The van der Waals surface area contributed by atoms with Crippen LogP contribution < -0.4 is 10.5 Å². The average molecular weight is 229 g/mol. The molecule has 0 saturated heterocycles. The monoisotopic (exact) mass is 229 g/mol. The van der Waals surface area contributed by atoms with E-state index >= 15 is 0 Å². The first-order chi connectivity index (χ1) is 8.19. The van der Waals surface area contributed by atoms with Crippen LogP contribution in [0.25, 0.3) is 0 Å². The molecular weight excluding hydrogens is 221 g/mol. The number of nitriles is 1. The van der Waals surface area contributed by atoms with E-state index in [1.807, 2.05) is 6.07 Å². The summed E-state index contributed by atoms with van der Waals surface area (Å²) in [5, 5.41) is 8.88. The Labute approximate surface area is 97.1 Å². The largest absolute Gasteiger partial charge is 0.438 e. The molecule has 0 saturated carbocycles. The summed E-state index contributed by atoms with van der Waals surface area (Å²) in [5.74, 6) is 0.191. The van der Waals surface area contributed by atoms with E-state index < -0.39 is 0 Å². The first kappa shape index (κ1) is 10.9. The van der Waals surface area contributed by atoms with Crippen LogP contribution in [0, 0.1) is 17.1 Å². The minimum atomic E-state index is -0.358. The van der Waals surface area contributed by atoms with E-state index in [1.165, 1.54) is 36.5 Å². The Bertz CT molecular complexity index is 575. The fourth-order valence-electron chi connectivity index (χ4n) is 1.24. The third-order valence-corrected chi connectivity index (χ3v) is 2.02. The molecule has 0 atom stereocenters. The second-order valence-electron chi connectivity index (χ2n) is 3.29. The third kappa shape index (κ3) is 2.49. The molecule has 2 aromatic rings. The number of rotatable bonds is 2. The zero-order valence-corrected chi connectivity index (χ0v) is 8.72. The van der Waals surface area contributed by atoms with Crippen molar-refractivity contribution in [3.8, 4) is 17.7 Å². The van der Waals surface area contributed by atoms with Crippen LogP contribution in [-0.4, -0.2) is 4.98 Å². The molecule has 1 heterocycles. The molecule has 0 fully saturated rings. The first-order valence-electron chi connectivity index (χ1n) is 4.78. The number of halogens is 1. The highest BCUT2D eigenvalue weighted by atomic mass is 19.1. The highest BCUT2D eigenvalue weighted by Gasteiger charge is 2.06. The second kappa shape index (κ2) is 4.49. The van der Waals surface area contributed by atoms with Crippen molar-refractivity contribution in [2.75, 3.05) is 5.73 Å². The summed E-state index contributed by atoms with van der Waals surface area (Å²) in [6, 6.07) is 8.82. The van der Waals surface area contributed by atoms with Crippen LogP contribution in [0.15, 0.2) is 36.5 Å². The van der Waals surface area contributed by atoms with Crippen molar-refractivity contribution in [3.05, 3.63) is 47.9 Å². The highest BCUT2D eigenvalue weighted by Crippen LogP contribution is 2.23. The van der Waals surface area contributed by atoms with Crippen molar-refractivity contribution < 1.29 is 9.13 Å². The molecule has 0 bridgehead atoms. The van der Waals surface area contributed by atoms with Gasteiger partial charge >= 0.3 is 0 Å². The minimum absolute atomic E-state index is 0.147. The summed E-state index contributed by atoms with van der Waals surface area (Å²) >= 11 is 0. The molecule has 0 unspecified atom stereocenters. The van der Waals surface area contributed by atoms with Crippen LogP contribution in [0.5, 0.6) is 11.6 Å². The standard InChI is InChI=1S/C12H8FN3O/c13-9-1-3-11(4-2-9)17-12-8(6-14)5-10(15)7-16-12/h1-5,7H,15H2. The lowest BCUT2D eigenvalue weighted by Crippen LogP contribution is -1.94. The molecule has 1 aromatic carbocycles. The molecule has 84 valence electrons. The number of ether oxygens (including phenoxy) is 1. The number of benzene rings is 1. The average Bonchev–Trinajstić information content (AvgIpc) is 2.34. The maximum Gasteiger partial charge on any atom is 0.237 e. The van der Waals surface area contributed by atoms with Gasteiger partial charge in [0.2, 0.25) is 5.88 Å². The molecule has 17 heavy (non-hydrogen) atoms. The van der Waals surface area contributed by atoms with Gasteiger partial charge in [0, 0.05) is 0 Å². The molecule has 2 N–H and O–H groups in total. The number of nitrogens with two attached hydrogens (primary N) is 1.